The summed E-state index contributed by atoms with van der Waals surface area (Å²) in [6, 6.07) is 9.22. The van der Waals surface area contributed by atoms with Gasteiger partial charge in [-0.3, -0.25) is 5.43 Å². The first kappa shape index (κ1) is 13.3. The molecular weight excluding hydrogens is 244 g/mol. The molecule has 100 valence electrons. The molecule has 1 aromatic heterocycles. The summed E-state index contributed by atoms with van der Waals surface area (Å²) < 4.78 is 5.73. The summed E-state index contributed by atoms with van der Waals surface area (Å²) in [6.45, 7) is 1.90. The van der Waals surface area contributed by atoms with E-state index >= 15 is 0 Å². The lowest BCUT2D eigenvalue weighted by molar-refractivity contribution is 0.297. The second-order valence-corrected chi connectivity index (χ2v) is 4.00. The molecule has 0 bridgehead atoms. The van der Waals surface area contributed by atoms with E-state index in [1.165, 1.54) is 0 Å². The summed E-state index contributed by atoms with van der Waals surface area (Å²) in [7, 11) is 0. The van der Waals surface area contributed by atoms with Crippen LogP contribution in [0.25, 0.3) is 0 Å². The van der Waals surface area contributed by atoms with Gasteiger partial charge in [0.25, 0.3) is 0 Å². The molecule has 1 heterocycles. The number of aryl methyl sites for hydroxylation is 1. The summed E-state index contributed by atoms with van der Waals surface area (Å²) >= 11 is 0. The molecule has 6 heteroatoms. The smallest absolute Gasteiger partial charge is 0.240 e. The van der Waals surface area contributed by atoms with E-state index < -0.39 is 0 Å². The van der Waals surface area contributed by atoms with Crippen LogP contribution in [-0.4, -0.2) is 21.7 Å². The number of aliphatic hydroxyl groups is 1. The van der Waals surface area contributed by atoms with E-state index in [-0.39, 0.29) is 6.61 Å². The van der Waals surface area contributed by atoms with Crippen molar-refractivity contribution in [3.8, 4) is 11.6 Å². The Morgan fingerprint density at radius 2 is 2.11 bits per heavy atom. The van der Waals surface area contributed by atoms with E-state index in [1.54, 1.807) is 6.07 Å². The van der Waals surface area contributed by atoms with Crippen LogP contribution in [0.1, 0.15) is 11.3 Å². The van der Waals surface area contributed by atoms with Crippen molar-refractivity contribution < 1.29 is 9.84 Å². The number of aliphatic hydroxyl groups excluding tert-OH is 1. The number of anilines is 1. The molecule has 0 fully saturated rings. The van der Waals surface area contributed by atoms with Crippen molar-refractivity contribution in [3.05, 3.63) is 41.6 Å². The van der Waals surface area contributed by atoms with Crippen LogP contribution in [0.15, 0.2) is 30.3 Å². The van der Waals surface area contributed by atoms with Gasteiger partial charge in [-0.1, -0.05) is 18.2 Å². The third kappa shape index (κ3) is 3.40. The van der Waals surface area contributed by atoms with E-state index in [9.17, 15) is 0 Å². The van der Waals surface area contributed by atoms with Gasteiger partial charge in [-0.2, -0.15) is 4.98 Å². The van der Waals surface area contributed by atoms with E-state index in [4.69, 9.17) is 15.7 Å². The Kier molecular flexibility index (Phi) is 4.27. The molecule has 0 aliphatic carbocycles. The van der Waals surface area contributed by atoms with E-state index in [0.717, 1.165) is 11.3 Å². The fourth-order valence-corrected chi connectivity index (χ4v) is 1.70. The number of benzene rings is 1. The summed E-state index contributed by atoms with van der Waals surface area (Å²) in [4.78, 5) is 8.20. The quantitative estimate of drug-likeness (QED) is 0.556. The van der Waals surface area contributed by atoms with Gasteiger partial charge in [0.2, 0.25) is 11.8 Å². The van der Waals surface area contributed by atoms with Gasteiger partial charge in [-0.15, -0.1) is 0 Å². The highest BCUT2D eigenvalue weighted by Gasteiger charge is 2.07. The van der Waals surface area contributed by atoms with Crippen molar-refractivity contribution in [2.24, 2.45) is 5.84 Å². The SMILES string of the molecule is Cc1cc(Oc2ccccc2CCO)nc(NN)n1. The molecule has 0 radical (unpaired) electrons. The lowest BCUT2D eigenvalue weighted by Crippen LogP contribution is -2.11. The maximum absolute atomic E-state index is 9.03. The molecule has 0 aliphatic heterocycles. The summed E-state index contributed by atoms with van der Waals surface area (Å²) in [5.41, 5.74) is 4.06. The normalized spacial score (nSPS) is 10.3. The lowest BCUT2D eigenvalue weighted by Gasteiger charge is -2.10. The molecule has 0 atom stereocenters. The van der Waals surface area contributed by atoms with Crippen LogP contribution >= 0.6 is 0 Å². The van der Waals surface area contributed by atoms with Crippen LogP contribution in [0.2, 0.25) is 0 Å². The minimum absolute atomic E-state index is 0.0682. The maximum Gasteiger partial charge on any atom is 0.240 e. The number of nitrogen functional groups attached to an aromatic ring is 1. The predicted molar refractivity (Wildman–Crippen MR) is 71.9 cm³/mol. The van der Waals surface area contributed by atoms with Gasteiger partial charge < -0.3 is 9.84 Å². The zero-order chi connectivity index (χ0) is 13.7. The number of ether oxygens (including phenoxy) is 1. The minimum Gasteiger partial charge on any atom is -0.439 e. The summed E-state index contributed by atoms with van der Waals surface area (Å²) in [6.07, 6.45) is 0.530. The number of hydrogen-bond acceptors (Lipinski definition) is 6. The maximum atomic E-state index is 9.03. The Morgan fingerprint density at radius 1 is 1.32 bits per heavy atom. The molecule has 19 heavy (non-hydrogen) atoms. The topological polar surface area (TPSA) is 93.3 Å². The Morgan fingerprint density at radius 3 is 2.84 bits per heavy atom. The number of hydrogen-bond donors (Lipinski definition) is 3. The third-order valence-corrected chi connectivity index (χ3v) is 2.53. The fraction of sp³-hybridized carbons (Fsp3) is 0.231. The molecule has 0 saturated carbocycles. The lowest BCUT2D eigenvalue weighted by atomic mass is 10.1. The van der Waals surface area contributed by atoms with Crippen molar-refractivity contribution in [2.75, 3.05) is 12.0 Å². The van der Waals surface area contributed by atoms with Crippen molar-refractivity contribution in [1.82, 2.24) is 9.97 Å². The van der Waals surface area contributed by atoms with Gasteiger partial charge in [0.15, 0.2) is 0 Å². The van der Waals surface area contributed by atoms with Gasteiger partial charge in [-0.25, -0.2) is 10.8 Å². The second-order valence-electron chi connectivity index (χ2n) is 4.00. The molecule has 4 N–H and O–H groups in total. The monoisotopic (exact) mass is 260 g/mol. The van der Waals surface area contributed by atoms with Gasteiger partial charge in [0.1, 0.15) is 5.75 Å². The molecule has 0 unspecified atom stereocenters. The highest BCUT2D eigenvalue weighted by Crippen LogP contribution is 2.25. The number of nitrogens with one attached hydrogen (secondary N) is 1. The summed E-state index contributed by atoms with van der Waals surface area (Å²) in [5, 5.41) is 9.03. The summed E-state index contributed by atoms with van der Waals surface area (Å²) in [5.74, 6) is 6.67. The molecule has 0 amide bonds. The molecule has 6 nitrogen and oxygen atoms in total. The van der Waals surface area contributed by atoms with Crippen molar-refractivity contribution in [1.29, 1.82) is 0 Å². The highest BCUT2D eigenvalue weighted by atomic mass is 16.5. The van der Waals surface area contributed by atoms with Crippen LogP contribution in [0, 0.1) is 6.92 Å². The number of para-hydroxylation sites is 1. The number of rotatable bonds is 5. The number of aromatic nitrogens is 2. The third-order valence-electron chi connectivity index (χ3n) is 2.53. The second kappa shape index (κ2) is 6.12. The van der Waals surface area contributed by atoms with Crippen LogP contribution < -0.4 is 16.0 Å². The van der Waals surface area contributed by atoms with Crippen LogP contribution in [-0.2, 0) is 6.42 Å². The molecular formula is C13H16N4O2. The van der Waals surface area contributed by atoms with Gasteiger partial charge in [-0.05, 0) is 25.0 Å². The molecule has 0 spiro atoms. The fourth-order valence-electron chi connectivity index (χ4n) is 1.70. The van der Waals surface area contributed by atoms with Crippen LogP contribution in [0.5, 0.6) is 11.6 Å². The average Bonchev–Trinajstić information content (AvgIpc) is 2.40. The number of nitrogens with zero attached hydrogens (tertiary/aromatic N) is 2. The molecule has 0 aliphatic rings. The Hall–Kier alpha value is -2.18. The van der Waals surface area contributed by atoms with Crippen molar-refractivity contribution >= 4 is 5.95 Å². The van der Waals surface area contributed by atoms with Gasteiger partial charge >= 0.3 is 0 Å². The zero-order valence-corrected chi connectivity index (χ0v) is 10.6. The first-order chi connectivity index (χ1) is 9.22. The Bertz CT molecular complexity index is 560. The van der Waals surface area contributed by atoms with Crippen LogP contribution in [0.4, 0.5) is 5.95 Å². The first-order valence-electron chi connectivity index (χ1n) is 5.92. The molecule has 1 aromatic carbocycles. The first-order valence-corrected chi connectivity index (χ1v) is 5.92. The van der Waals surface area contributed by atoms with Gasteiger partial charge in [0.05, 0.1) is 0 Å². The Balaban J connectivity index is 2.28. The molecule has 2 aromatic rings. The van der Waals surface area contributed by atoms with Gasteiger partial charge in [0, 0.05) is 18.4 Å². The molecule has 2 rings (SSSR count). The zero-order valence-electron chi connectivity index (χ0n) is 10.6. The number of nitrogens with two attached hydrogens (primary N) is 1. The number of hydrazine groups is 1. The standard InChI is InChI=1S/C13H16N4O2/c1-9-8-12(16-13(15-9)17-14)19-11-5-3-2-4-10(11)6-7-18/h2-5,8,18H,6-7,14H2,1H3,(H,15,16,17). The Labute approximate surface area is 111 Å². The van der Waals surface area contributed by atoms with E-state index in [1.807, 2.05) is 31.2 Å². The predicted octanol–water partition coefficient (Wildman–Crippen LogP) is 1.40. The largest absolute Gasteiger partial charge is 0.439 e. The van der Waals surface area contributed by atoms with E-state index in [0.29, 0.717) is 24.0 Å². The average molecular weight is 260 g/mol. The van der Waals surface area contributed by atoms with Crippen molar-refractivity contribution in [2.45, 2.75) is 13.3 Å². The highest BCUT2D eigenvalue weighted by molar-refractivity contribution is 5.38. The molecule has 0 saturated heterocycles. The van der Waals surface area contributed by atoms with E-state index in [2.05, 4.69) is 15.4 Å². The van der Waals surface area contributed by atoms with Crippen LogP contribution in [0.3, 0.4) is 0 Å². The van der Waals surface area contributed by atoms with Crippen molar-refractivity contribution in [3.63, 3.8) is 0 Å². The minimum atomic E-state index is 0.0682.